The molecule has 1 unspecified atom stereocenters. The van der Waals surface area contributed by atoms with Gasteiger partial charge >= 0.3 is 0 Å². The van der Waals surface area contributed by atoms with E-state index < -0.39 is 0 Å². The number of likely N-dealkylation sites (N-methyl/N-ethyl adjacent to an activating group) is 1. The van der Waals surface area contributed by atoms with E-state index in [2.05, 4.69) is 54.5 Å². The maximum absolute atomic E-state index is 4.79. The van der Waals surface area contributed by atoms with Crippen LogP contribution in [0.4, 0.5) is 0 Å². The molecule has 1 atom stereocenters. The molecule has 0 aliphatic rings. The van der Waals surface area contributed by atoms with E-state index in [1.807, 2.05) is 18.4 Å². The van der Waals surface area contributed by atoms with Gasteiger partial charge in [0, 0.05) is 23.5 Å². The summed E-state index contributed by atoms with van der Waals surface area (Å²) in [5.74, 6) is 0. The largest absolute Gasteiger partial charge is 0.312 e. The van der Waals surface area contributed by atoms with E-state index in [1.54, 1.807) is 0 Å². The smallest absolute Gasteiger partial charge is 0.0644 e. The van der Waals surface area contributed by atoms with Gasteiger partial charge in [0.05, 0.1) is 11.7 Å². The Labute approximate surface area is 132 Å². The van der Waals surface area contributed by atoms with E-state index in [1.165, 1.54) is 16.1 Å². The molecule has 1 N–H and O–H groups in total. The average molecular weight is 305 g/mol. The minimum atomic E-state index is 0.366. The second-order valence-electron chi connectivity index (χ2n) is 5.47. The number of nitrogens with one attached hydrogen (secondary N) is 1. The Hall–Kier alpha value is -1.13. The van der Waals surface area contributed by atoms with Crippen molar-refractivity contribution in [2.45, 2.75) is 58.5 Å². The van der Waals surface area contributed by atoms with Crippen molar-refractivity contribution in [3.8, 4) is 0 Å². The summed E-state index contributed by atoms with van der Waals surface area (Å²) in [6, 6.07) is 5.30. The number of aromatic nitrogens is 2. The normalized spacial score (nSPS) is 13.0. The van der Waals surface area contributed by atoms with E-state index in [0.717, 1.165) is 25.7 Å². The Kier molecular flexibility index (Phi) is 6.00. The lowest BCUT2D eigenvalue weighted by molar-refractivity contribution is 0.423. The molecule has 0 radical (unpaired) electrons. The van der Waals surface area contributed by atoms with Crippen LogP contribution < -0.4 is 5.32 Å². The Morgan fingerprint density at radius 1 is 1.24 bits per heavy atom. The first-order valence-corrected chi connectivity index (χ1v) is 8.88. The van der Waals surface area contributed by atoms with Gasteiger partial charge < -0.3 is 5.32 Å². The van der Waals surface area contributed by atoms with Gasteiger partial charge in [-0.1, -0.05) is 20.8 Å². The molecule has 2 aromatic heterocycles. The molecule has 3 nitrogen and oxygen atoms in total. The molecule has 4 heteroatoms. The predicted molar refractivity (Wildman–Crippen MR) is 91.0 cm³/mol. The minimum Gasteiger partial charge on any atom is -0.312 e. The van der Waals surface area contributed by atoms with Gasteiger partial charge in [-0.05, 0) is 49.4 Å². The molecule has 0 saturated heterocycles. The van der Waals surface area contributed by atoms with Crippen LogP contribution in [0, 0.1) is 0 Å². The molecule has 0 amide bonds. The lowest BCUT2D eigenvalue weighted by atomic mass is 10.1. The third kappa shape index (κ3) is 3.74. The number of aryl methyl sites for hydroxylation is 1. The molecule has 116 valence electrons. The fraction of sp³-hybridized carbons (Fsp3) is 0.588. The van der Waals surface area contributed by atoms with Crippen LogP contribution >= 0.6 is 11.3 Å². The first-order valence-electron chi connectivity index (χ1n) is 8.00. The SMILES string of the molecule is CCc1ccsc1C(Cc1ccn(C(CC)CC)n1)NC. The summed E-state index contributed by atoms with van der Waals surface area (Å²) in [7, 11) is 2.04. The van der Waals surface area contributed by atoms with Gasteiger partial charge in [-0.3, -0.25) is 4.68 Å². The topological polar surface area (TPSA) is 29.9 Å². The van der Waals surface area contributed by atoms with Crippen LogP contribution in [-0.2, 0) is 12.8 Å². The number of hydrogen-bond acceptors (Lipinski definition) is 3. The van der Waals surface area contributed by atoms with Crippen molar-refractivity contribution in [3.05, 3.63) is 39.8 Å². The lowest BCUT2D eigenvalue weighted by Crippen LogP contribution is -2.19. The number of hydrogen-bond donors (Lipinski definition) is 1. The van der Waals surface area contributed by atoms with Gasteiger partial charge in [0.1, 0.15) is 0 Å². The summed E-state index contributed by atoms with van der Waals surface area (Å²) in [6.45, 7) is 6.68. The van der Waals surface area contributed by atoms with E-state index in [4.69, 9.17) is 5.10 Å². The van der Waals surface area contributed by atoms with Gasteiger partial charge in [0.15, 0.2) is 0 Å². The molecule has 0 aliphatic heterocycles. The van der Waals surface area contributed by atoms with Gasteiger partial charge in [0.2, 0.25) is 0 Å². The summed E-state index contributed by atoms with van der Waals surface area (Å²) in [5, 5.41) is 10.4. The second kappa shape index (κ2) is 7.76. The van der Waals surface area contributed by atoms with Crippen LogP contribution in [0.2, 0.25) is 0 Å². The average Bonchev–Trinajstić information content (AvgIpc) is 3.15. The molecule has 21 heavy (non-hydrogen) atoms. The first-order chi connectivity index (χ1) is 10.2. The number of nitrogens with zero attached hydrogens (tertiary/aromatic N) is 2. The van der Waals surface area contributed by atoms with Crippen molar-refractivity contribution in [2.75, 3.05) is 7.05 Å². The van der Waals surface area contributed by atoms with E-state index in [0.29, 0.717) is 12.1 Å². The summed E-state index contributed by atoms with van der Waals surface area (Å²) < 4.78 is 2.14. The highest BCUT2D eigenvalue weighted by Gasteiger charge is 2.17. The molecule has 0 spiro atoms. The molecule has 2 rings (SSSR count). The Balaban J connectivity index is 2.12. The van der Waals surface area contributed by atoms with E-state index in [-0.39, 0.29) is 0 Å². The fourth-order valence-electron chi connectivity index (χ4n) is 2.83. The first kappa shape index (κ1) is 16.2. The number of rotatable bonds is 8. The van der Waals surface area contributed by atoms with Crippen molar-refractivity contribution >= 4 is 11.3 Å². The van der Waals surface area contributed by atoms with Crippen molar-refractivity contribution in [2.24, 2.45) is 0 Å². The Morgan fingerprint density at radius 2 is 2.00 bits per heavy atom. The summed E-state index contributed by atoms with van der Waals surface area (Å²) >= 11 is 1.85. The van der Waals surface area contributed by atoms with Crippen molar-refractivity contribution < 1.29 is 0 Å². The predicted octanol–water partition coefficient (Wildman–Crippen LogP) is 4.37. The maximum atomic E-state index is 4.79. The lowest BCUT2D eigenvalue weighted by Gasteiger charge is -2.16. The van der Waals surface area contributed by atoms with Crippen LogP contribution in [-0.4, -0.2) is 16.8 Å². The maximum Gasteiger partial charge on any atom is 0.0644 e. The minimum absolute atomic E-state index is 0.366. The van der Waals surface area contributed by atoms with Gasteiger partial charge in [-0.2, -0.15) is 5.10 Å². The second-order valence-corrected chi connectivity index (χ2v) is 6.41. The number of thiophene rings is 1. The third-order valence-corrected chi connectivity index (χ3v) is 5.29. The van der Waals surface area contributed by atoms with Crippen LogP contribution in [0.25, 0.3) is 0 Å². The molecular weight excluding hydrogens is 278 g/mol. The van der Waals surface area contributed by atoms with E-state index >= 15 is 0 Å². The molecule has 0 aliphatic carbocycles. The Morgan fingerprint density at radius 3 is 2.62 bits per heavy atom. The molecule has 2 heterocycles. The molecule has 0 saturated carbocycles. The molecule has 0 aromatic carbocycles. The zero-order valence-corrected chi connectivity index (χ0v) is 14.4. The van der Waals surface area contributed by atoms with Crippen LogP contribution in [0.3, 0.4) is 0 Å². The third-order valence-electron chi connectivity index (χ3n) is 4.22. The van der Waals surface area contributed by atoms with Gasteiger partial charge in [-0.15, -0.1) is 11.3 Å². The molecule has 0 fully saturated rings. The van der Waals surface area contributed by atoms with Gasteiger partial charge in [0.25, 0.3) is 0 Å². The highest BCUT2D eigenvalue weighted by atomic mass is 32.1. The highest BCUT2D eigenvalue weighted by Crippen LogP contribution is 2.27. The van der Waals surface area contributed by atoms with Crippen LogP contribution in [0.1, 0.15) is 61.8 Å². The quantitative estimate of drug-likeness (QED) is 0.785. The van der Waals surface area contributed by atoms with E-state index in [9.17, 15) is 0 Å². The van der Waals surface area contributed by atoms with Crippen LogP contribution in [0.5, 0.6) is 0 Å². The molecule has 0 bridgehead atoms. The summed E-state index contributed by atoms with van der Waals surface area (Å²) in [6.07, 6.45) is 6.46. The Bertz CT molecular complexity index is 540. The van der Waals surface area contributed by atoms with Crippen molar-refractivity contribution in [1.82, 2.24) is 15.1 Å². The highest BCUT2D eigenvalue weighted by molar-refractivity contribution is 7.10. The fourth-order valence-corrected chi connectivity index (χ4v) is 3.94. The summed E-state index contributed by atoms with van der Waals surface area (Å²) in [4.78, 5) is 1.46. The van der Waals surface area contributed by atoms with Crippen molar-refractivity contribution in [1.29, 1.82) is 0 Å². The van der Waals surface area contributed by atoms with Crippen molar-refractivity contribution in [3.63, 3.8) is 0 Å². The monoisotopic (exact) mass is 305 g/mol. The standard InChI is InChI=1S/C17H27N3S/c1-5-13-9-11-21-17(13)16(18-4)12-14-8-10-20(19-14)15(6-2)7-3/h8-11,15-16,18H,5-7,12H2,1-4H3. The van der Waals surface area contributed by atoms with Gasteiger partial charge in [-0.25, -0.2) is 0 Å². The summed E-state index contributed by atoms with van der Waals surface area (Å²) in [5.41, 5.74) is 2.63. The molecular formula is C17H27N3S. The zero-order valence-electron chi connectivity index (χ0n) is 13.6. The molecule has 2 aromatic rings. The zero-order chi connectivity index (χ0) is 15.2. The van der Waals surface area contributed by atoms with Crippen LogP contribution in [0.15, 0.2) is 23.7 Å².